The van der Waals surface area contributed by atoms with E-state index in [1.165, 1.54) is 50.6 Å². The fraction of sp³-hybridized carbons (Fsp3) is 0.263. The third-order valence-electron chi connectivity index (χ3n) is 8.89. The Morgan fingerprint density at radius 1 is 0.860 bits per heavy atom. The van der Waals surface area contributed by atoms with E-state index in [4.69, 9.17) is 27.4 Å². The molecule has 4 aromatic rings. The molecule has 4 aliphatic rings. The molecule has 2 aromatic carbocycles. The zero-order valence-electron chi connectivity index (χ0n) is 30.3. The highest BCUT2D eigenvalue weighted by molar-refractivity contribution is 9.10. The first-order chi connectivity index (χ1) is 27.1. The summed E-state index contributed by atoms with van der Waals surface area (Å²) < 4.78 is 43.1. The lowest BCUT2D eigenvalue weighted by atomic mass is 9.99. The predicted octanol–water partition coefficient (Wildman–Crippen LogP) is 0.826. The summed E-state index contributed by atoms with van der Waals surface area (Å²) in [6, 6.07) is 4.18. The van der Waals surface area contributed by atoms with Gasteiger partial charge in [-0.25, -0.2) is 17.9 Å². The third-order valence-corrected chi connectivity index (χ3v) is 9.50. The second kappa shape index (κ2) is 16.3. The van der Waals surface area contributed by atoms with Crippen molar-refractivity contribution in [3.05, 3.63) is 93.0 Å². The highest BCUT2D eigenvalue weighted by Gasteiger charge is 2.38. The molecule has 0 saturated carbocycles. The van der Waals surface area contributed by atoms with Crippen LogP contribution < -0.4 is 20.9 Å². The molecule has 0 bridgehead atoms. The van der Waals surface area contributed by atoms with Gasteiger partial charge in [0.05, 0.1) is 22.4 Å². The Labute approximate surface area is 332 Å². The summed E-state index contributed by atoms with van der Waals surface area (Å²) in [5.41, 5.74) is 10.2. The van der Waals surface area contributed by atoms with Crippen molar-refractivity contribution in [2.24, 2.45) is 21.5 Å². The lowest BCUT2D eigenvalue weighted by Crippen LogP contribution is -2.28. The summed E-state index contributed by atoms with van der Waals surface area (Å²) in [6.45, 7) is 4.71. The number of benzene rings is 2. The normalized spacial score (nSPS) is 19.3. The van der Waals surface area contributed by atoms with E-state index in [-0.39, 0.29) is 5.56 Å². The van der Waals surface area contributed by atoms with Crippen LogP contribution in [0.2, 0.25) is 0 Å². The molecule has 57 heavy (non-hydrogen) atoms. The van der Waals surface area contributed by atoms with Crippen LogP contribution in [0, 0.1) is 35.8 Å². The van der Waals surface area contributed by atoms with Crippen molar-refractivity contribution in [1.82, 2.24) is 20.4 Å². The number of hydrogen-bond acceptors (Lipinski definition) is 10. The first kappa shape index (κ1) is 40.1. The molecule has 0 fully saturated rings. The smallest absolute Gasteiger partial charge is 0.329 e. The van der Waals surface area contributed by atoms with Crippen LogP contribution in [0.3, 0.4) is 0 Å². The number of H-pyrrole nitrogens is 2. The number of primary amides is 2. The van der Waals surface area contributed by atoms with Gasteiger partial charge in [-0.3, -0.25) is 19.8 Å². The molecule has 0 aliphatic carbocycles. The fourth-order valence-corrected chi connectivity index (χ4v) is 6.04. The number of nitrogens with zero attached hydrogens (tertiary/aromatic N) is 6. The topological polar surface area (TPSA) is 233 Å². The van der Waals surface area contributed by atoms with Gasteiger partial charge in [0.2, 0.25) is 0 Å². The molecule has 4 aliphatic heterocycles. The Morgan fingerprint density at radius 2 is 1.35 bits per heavy atom. The minimum absolute atomic E-state index is 0.0678. The number of ether oxygens (including phenoxy) is 2. The van der Waals surface area contributed by atoms with Gasteiger partial charge < -0.3 is 31.2 Å². The zero-order chi connectivity index (χ0) is 41.1. The van der Waals surface area contributed by atoms with Gasteiger partial charge in [0, 0.05) is 35.7 Å². The Balaban J connectivity index is 0.000000162. The maximum Gasteiger partial charge on any atom is 0.329 e. The number of fused-ring (bicyclic) bond motifs is 6. The van der Waals surface area contributed by atoms with Crippen LogP contribution in [0.4, 0.5) is 8.78 Å². The molecular formula is C38H35BrF2N10O6+2. The fourth-order valence-electron chi connectivity index (χ4n) is 5.70. The van der Waals surface area contributed by atoms with Crippen molar-refractivity contribution in [2.45, 2.75) is 37.1 Å². The van der Waals surface area contributed by atoms with E-state index in [1.807, 2.05) is 4.58 Å². The molecule has 8 N–H and O–H groups in total. The second-order valence-corrected chi connectivity index (χ2v) is 13.9. The first-order valence-corrected chi connectivity index (χ1v) is 17.9. The molecule has 8 rings (SSSR count). The summed E-state index contributed by atoms with van der Waals surface area (Å²) in [5, 5.41) is 32.5. The Hall–Kier alpha value is -6.54. The maximum absolute atomic E-state index is 14.6. The van der Waals surface area contributed by atoms with Gasteiger partial charge in [0.15, 0.2) is 11.2 Å². The van der Waals surface area contributed by atoms with Gasteiger partial charge in [-0.15, -0.1) is 6.42 Å². The Morgan fingerprint density at radius 3 is 1.82 bits per heavy atom. The van der Waals surface area contributed by atoms with Crippen LogP contribution in [0.1, 0.15) is 41.7 Å². The van der Waals surface area contributed by atoms with Crippen molar-refractivity contribution in [3.8, 4) is 35.7 Å². The van der Waals surface area contributed by atoms with Crippen LogP contribution in [0.15, 0.2) is 63.5 Å². The van der Waals surface area contributed by atoms with E-state index in [0.717, 1.165) is 0 Å². The number of aliphatic imine (C=N–C) groups is 2. The molecule has 4 atom stereocenters. The van der Waals surface area contributed by atoms with E-state index in [1.54, 1.807) is 29.3 Å². The molecule has 0 radical (unpaired) electrons. The average Bonchev–Trinajstić information content (AvgIpc) is 4.00. The first-order valence-electron chi connectivity index (χ1n) is 17.1. The van der Waals surface area contributed by atoms with Crippen LogP contribution in [-0.2, 0) is 20.8 Å². The summed E-state index contributed by atoms with van der Waals surface area (Å²) in [6.07, 6.45) is 14.4. The minimum Gasteiger partial charge on any atom is -0.488 e. The molecule has 19 heteroatoms. The molecule has 292 valence electrons. The molecule has 4 unspecified atom stereocenters. The number of aromatic amines is 2. The number of carbonyl (C=O) groups excluding carboxylic acids is 2. The number of nitrogens with two attached hydrogens (primary N) is 2. The Bertz CT molecular complexity index is 2460. The molecule has 6 heterocycles. The average molecular weight is 846 g/mol. The number of amides is 2. The number of carbonyl (C=O) groups is 2. The highest BCUT2D eigenvalue weighted by atomic mass is 79.9. The Kier molecular flexibility index (Phi) is 11.5. The number of aliphatic hydroxyl groups is 2. The van der Waals surface area contributed by atoms with Gasteiger partial charge in [-0.05, 0) is 41.9 Å². The standard InChI is InChI=1S/C19H16FN5O3.C12H9BrFN3O2.C7H8N2O/c1-19(27,12-8-22-23-9-12)3-2-11-6-13-16(7-14(11)20)28-5-4-25-10-15(17(21)26)24-18(13)25;13-7-3-6-10(4-8(7)14)19-2-1-17-5-9(11(15)18)16-12(6)17;1-3-7(2,10)6-4-8-9-5-6/h6-10,15,27H,4-5H2,1H3,(H2-,21,22,23,26);3-5,9H,1-2H2,(H-,15,18);1,4-5,10H,2H3,(H,8,9)/p+2. The number of halogens is 3. The van der Waals surface area contributed by atoms with Crippen LogP contribution in [0.25, 0.3) is 0 Å². The van der Waals surface area contributed by atoms with Crippen molar-refractivity contribution in [3.63, 3.8) is 0 Å². The van der Waals surface area contributed by atoms with Gasteiger partial charge >= 0.3 is 11.7 Å². The summed E-state index contributed by atoms with van der Waals surface area (Å²) in [4.78, 5) is 31.3. The van der Waals surface area contributed by atoms with Crippen LogP contribution in [0.5, 0.6) is 11.5 Å². The number of amidine groups is 2. The maximum atomic E-state index is 14.6. The van der Waals surface area contributed by atoms with Crippen molar-refractivity contribution in [1.29, 1.82) is 0 Å². The molecule has 0 saturated heterocycles. The number of aromatic nitrogens is 4. The van der Waals surface area contributed by atoms with E-state index in [9.17, 15) is 28.6 Å². The largest absolute Gasteiger partial charge is 0.488 e. The SMILES string of the molecule is C#CC(C)(O)c1cn[nH]c1.CC(O)(C#Cc1cc2c(cc1F)OCC[N+]1=CC(C(N)=O)N=C21)c1cn[nH]c1.NC(=O)C1C=[N+]2CCOc3cc(F)c(Br)cc3C2=N1. The quantitative estimate of drug-likeness (QED) is 0.127. The van der Waals surface area contributed by atoms with Crippen LogP contribution >= 0.6 is 15.9 Å². The van der Waals surface area contributed by atoms with Gasteiger partial charge in [-0.2, -0.15) is 10.2 Å². The van der Waals surface area contributed by atoms with E-state index >= 15 is 0 Å². The lowest BCUT2D eigenvalue weighted by Gasteiger charge is -2.13. The van der Waals surface area contributed by atoms with E-state index in [0.29, 0.717) is 76.2 Å². The number of nitrogens with one attached hydrogen (secondary N) is 2. The van der Waals surface area contributed by atoms with Crippen molar-refractivity contribution < 1.29 is 47.2 Å². The summed E-state index contributed by atoms with van der Waals surface area (Å²) in [7, 11) is 0. The van der Waals surface area contributed by atoms with Gasteiger partial charge in [0.25, 0.3) is 23.9 Å². The number of hydrogen-bond donors (Lipinski definition) is 6. The molecule has 2 amide bonds. The van der Waals surface area contributed by atoms with Gasteiger partial charge in [0.1, 0.15) is 73.0 Å². The van der Waals surface area contributed by atoms with Crippen molar-refractivity contribution >= 4 is 51.8 Å². The molecular weight excluding hydrogens is 810 g/mol. The lowest BCUT2D eigenvalue weighted by molar-refractivity contribution is -0.400. The summed E-state index contributed by atoms with van der Waals surface area (Å²) in [5.74, 6) is 7.29. The third kappa shape index (κ3) is 8.81. The molecule has 16 nitrogen and oxygen atoms in total. The van der Waals surface area contributed by atoms with E-state index in [2.05, 4.69) is 64.1 Å². The van der Waals surface area contributed by atoms with Crippen molar-refractivity contribution in [2.75, 3.05) is 26.3 Å². The molecule has 0 spiro atoms. The highest BCUT2D eigenvalue weighted by Crippen LogP contribution is 2.31. The van der Waals surface area contributed by atoms with Gasteiger partial charge in [-0.1, -0.05) is 27.7 Å². The summed E-state index contributed by atoms with van der Waals surface area (Å²) >= 11 is 3.13. The monoisotopic (exact) mass is 844 g/mol. The predicted molar refractivity (Wildman–Crippen MR) is 205 cm³/mol. The number of terminal acetylenes is 1. The number of rotatable bonds is 4. The second-order valence-electron chi connectivity index (χ2n) is 13.1. The van der Waals surface area contributed by atoms with Crippen LogP contribution in [-0.4, -0.2) is 114 Å². The zero-order valence-corrected chi connectivity index (χ0v) is 31.9. The minimum atomic E-state index is -1.51. The molecule has 2 aromatic heterocycles. The van der Waals surface area contributed by atoms with E-state index < -0.39 is 46.7 Å².